The molecule has 0 fully saturated rings. The molecule has 5 nitrogen and oxygen atoms in total. The molecule has 4 aromatic rings. The van der Waals surface area contributed by atoms with E-state index in [1.54, 1.807) is 18.2 Å². The molecule has 0 radical (unpaired) electrons. The van der Waals surface area contributed by atoms with E-state index < -0.39 is 0 Å². The highest BCUT2D eigenvalue weighted by molar-refractivity contribution is 7.19. The molecule has 0 aliphatic carbocycles. The van der Waals surface area contributed by atoms with Gasteiger partial charge in [-0.2, -0.15) is 5.10 Å². The van der Waals surface area contributed by atoms with Gasteiger partial charge >= 0.3 is 0 Å². The Labute approximate surface area is 186 Å². The first-order chi connectivity index (χ1) is 14.6. The number of oxime groups is 1. The van der Waals surface area contributed by atoms with Gasteiger partial charge in [0.25, 0.3) is 0 Å². The van der Waals surface area contributed by atoms with Crippen molar-refractivity contribution >= 4 is 40.3 Å². The molecule has 0 saturated heterocycles. The summed E-state index contributed by atoms with van der Waals surface area (Å²) in [5, 5.41) is 19.8. The minimum Gasteiger partial charge on any atom is -0.507 e. The molecule has 8 heteroatoms. The Morgan fingerprint density at radius 3 is 2.67 bits per heavy atom. The molecule has 30 heavy (non-hydrogen) atoms. The van der Waals surface area contributed by atoms with Gasteiger partial charge in [-0.15, -0.1) is 11.3 Å². The number of rotatable bonds is 4. The third-order valence-corrected chi connectivity index (χ3v) is 6.33. The molecule has 0 bridgehead atoms. The van der Waals surface area contributed by atoms with Crippen molar-refractivity contribution in [3.8, 4) is 22.0 Å². The number of nitrogens with zero attached hydrogens (tertiary/aromatic N) is 3. The summed E-state index contributed by atoms with van der Waals surface area (Å²) in [6.45, 7) is 0. The summed E-state index contributed by atoms with van der Waals surface area (Å²) in [4.78, 5) is 6.72. The molecule has 1 N–H and O–H groups in total. The Kier molecular flexibility index (Phi) is 4.98. The fourth-order valence-corrected chi connectivity index (χ4v) is 4.63. The first-order valence-electron chi connectivity index (χ1n) is 9.21. The number of hydrogen-bond acceptors (Lipinski definition) is 5. The quantitative estimate of drug-likeness (QED) is 0.383. The lowest BCUT2D eigenvalue weighted by molar-refractivity contribution is 0.0861. The summed E-state index contributed by atoms with van der Waals surface area (Å²) in [5.41, 5.74) is 3.85. The van der Waals surface area contributed by atoms with Crippen molar-refractivity contribution in [2.24, 2.45) is 5.16 Å². The van der Waals surface area contributed by atoms with Crippen LogP contribution in [0, 0.1) is 0 Å². The maximum absolute atomic E-state index is 10.2. The highest BCUT2D eigenvalue weighted by Crippen LogP contribution is 2.40. The Morgan fingerprint density at radius 2 is 1.90 bits per heavy atom. The number of thiophene rings is 1. The Morgan fingerprint density at radius 1 is 1.07 bits per heavy atom. The normalized spacial score (nSPS) is 15.8. The van der Waals surface area contributed by atoms with Gasteiger partial charge in [-0.3, -0.25) is 0 Å². The zero-order valence-electron chi connectivity index (χ0n) is 15.5. The van der Waals surface area contributed by atoms with Gasteiger partial charge in [0, 0.05) is 28.8 Å². The van der Waals surface area contributed by atoms with Crippen LogP contribution in [0.3, 0.4) is 0 Å². The van der Waals surface area contributed by atoms with Gasteiger partial charge in [0.15, 0.2) is 6.10 Å². The van der Waals surface area contributed by atoms with Crippen LogP contribution in [-0.4, -0.2) is 20.6 Å². The molecular formula is C22H15Cl2N3O2S. The van der Waals surface area contributed by atoms with Crippen LogP contribution in [0.25, 0.3) is 16.3 Å². The molecule has 2 aromatic carbocycles. The first-order valence-corrected chi connectivity index (χ1v) is 10.8. The predicted molar refractivity (Wildman–Crippen MR) is 120 cm³/mol. The molecule has 1 atom stereocenters. The molecule has 150 valence electrons. The summed E-state index contributed by atoms with van der Waals surface area (Å²) < 4.78 is 2.52. The van der Waals surface area contributed by atoms with Gasteiger partial charge < -0.3 is 9.94 Å². The molecule has 1 unspecified atom stereocenters. The number of aromatic hydroxyl groups is 1. The number of benzene rings is 2. The van der Waals surface area contributed by atoms with Crippen molar-refractivity contribution in [1.82, 2.24) is 9.78 Å². The highest BCUT2D eigenvalue weighted by Gasteiger charge is 2.30. The van der Waals surface area contributed by atoms with E-state index in [9.17, 15) is 5.11 Å². The number of aromatic nitrogens is 2. The predicted octanol–water partition coefficient (Wildman–Crippen LogP) is 6.48. The van der Waals surface area contributed by atoms with E-state index in [-0.39, 0.29) is 11.9 Å². The van der Waals surface area contributed by atoms with E-state index in [2.05, 4.69) is 5.16 Å². The molecule has 0 spiro atoms. The number of hydrogen-bond donors (Lipinski definition) is 1. The number of para-hydroxylation sites is 1. The van der Waals surface area contributed by atoms with Crippen LogP contribution in [0.2, 0.25) is 9.36 Å². The van der Waals surface area contributed by atoms with Crippen molar-refractivity contribution in [2.45, 2.75) is 12.5 Å². The minimum atomic E-state index is -0.341. The van der Waals surface area contributed by atoms with E-state index >= 15 is 0 Å². The summed E-state index contributed by atoms with van der Waals surface area (Å²) in [7, 11) is 0. The van der Waals surface area contributed by atoms with Crippen LogP contribution < -0.4 is 0 Å². The molecular weight excluding hydrogens is 441 g/mol. The van der Waals surface area contributed by atoms with Crippen molar-refractivity contribution in [3.63, 3.8) is 0 Å². The second kappa shape index (κ2) is 7.80. The van der Waals surface area contributed by atoms with Gasteiger partial charge in [-0.1, -0.05) is 46.6 Å². The maximum atomic E-state index is 10.2. The largest absolute Gasteiger partial charge is 0.507 e. The maximum Gasteiger partial charge on any atom is 0.161 e. The van der Waals surface area contributed by atoms with Gasteiger partial charge in [0.1, 0.15) is 11.4 Å². The summed E-state index contributed by atoms with van der Waals surface area (Å²) in [6.07, 6.45) is 2.10. The molecule has 2 aromatic heterocycles. The summed E-state index contributed by atoms with van der Waals surface area (Å²) in [6, 6.07) is 18.6. The molecule has 0 saturated carbocycles. The van der Waals surface area contributed by atoms with Crippen LogP contribution in [0.4, 0.5) is 0 Å². The molecule has 0 amide bonds. The lowest BCUT2D eigenvalue weighted by Crippen LogP contribution is -2.02. The van der Waals surface area contributed by atoms with Crippen LogP contribution >= 0.6 is 34.5 Å². The topological polar surface area (TPSA) is 59.6 Å². The number of phenolic OH excluding ortho intramolecular Hbond substituents is 1. The zero-order chi connectivity index (χ0) is 20.7. The SMILES string of the molecule is Oc1ccc(Cl)cc1C1=NOC(c2cn(-c3ccccc3)nc2-c2ccc(Cl)s2)C1. The van der Waals surface area contributed by atoms with E-state index in [0.717, 1.165) is 21.8 Å². The van der Waals surface area contributed by atoms with Crippen molar-refractivity contribution in [1.29, 1.82) is 0 Å². The highest BCUT2D eigenvalue weighted by atomic mass is 35.5. The molecule has 1 aliphatic heterocycles. The number of phenols is 1. The van der Waals surface area contributed by atoms with Crippen molar-refractivity contribution in [3.05, 3.63) is 87.3 Å². The van der Waals surface area contributed by atoms with Crippen LogP contribution in [0.15, 0.2) is 72.0 Å². The number of halogens is 2. The molecule has 1 aliphatic rings. The lowest BCUT2D eigenvalue weighted by atomic mass is 9.99. The fourth-order valence-electron chi connectivity index (χ4n) is 3.41. The monoisotopic (exact) mass is 455 g/mol. The third kappa shape index (κ3) is 3.58. The molecule has 5 rings (SSSR count). The smallest absolute Gasteiger partial charge is 0.161 e. The van der Waals surface area contributed by atoms with Crippen molar-refractivity contribution < 1.29 is 9.94 Å². The minimum absolute atomic E-state index is 0.118. The van der Waals surface area contributed by atoms with E-state index in [4.69, 9.17) is 33.1 Å². The summed E-state index contributed by atoms with van der Waals surface area (Å²) >= 11 is 13.7. The van der Waals surface area contributed by atoms with Gasteiger partial charge in [0.2, 0.25) is 0 Å². The fraction of sp³-hybridized carbons (Fsp3) is 0.0909. The van der Waals surface area contributed by atoms with E-state index in [0.29, 0.717) is 27.1 Å². The van der Waals surface area contributed by atoms with E-state index in [1.165, 1.54) is 11.3 Å². The Hall–Kier alpha value is -2.80. The second-order valence-corrected chi connectivity index (χ2v) is 8.97. The van der Waals surface area contributed by atoms with Gasteiger partial charge in [-0.25, -0.2) is 4.68 Å². The van der Waals surface area contributed by atoms with Gasteiger partial charge in [-0.05, 0) is 42.5 Å². The van der Waals surface area contributed by atoms with Crippen molar-refractivity contribution in [2.75, 3.05) is 0 Å². The van der Waals surface area contributed by atoms with E-state index in [1.807, 2.05) is 53.3 Å². The van der Waals surface area contributed by atoms with Gasteiger partial charge in [0.05, 0.1) is 20.6 Å². The Bertz CT molecular complexity index is 1250. The Balaban J connectivity index is 1.52. The molecule has 3 heterocycles. The third-order valence-electron chi connectivity index (χ3n) is 4.86. The second-order valence-electron chi connectivity index (χ2n) is 6.81. The van der Waals surface area contributed by atoms with Crippen LogP contribution in [-0.2, 0) is 4.84 Å². The first kappa shape index (κ1) is 19.2. The zero-order valence-corrected chi connectivity index (χ0v) is 17.8. The lowest BCUT2D eigenvalue weighted by Gasteiger charge is -2.08. The summed E-state index contributed by atoms with van der Waals surface area (Å²) in [5.74, 6) is 0.118. The average Bonchev–Trinajstić information content (AvgIpc) is 3.49. The standard InChI is InChI=1S/C22H15Cl2N3O2S/c23-13-6-7-18(28)15(10-13)17-11-19(29-26-17)16-12-27(14-4-2-1-3-5-14)25-22(16)20-8-9-21(24)30-20/h1-10,12,19,28H,11H2. The average molecular weight is 456 g/mol. The van der Waals surface area contributed by atoms with Crippen LogP contribution in [0.1, 0.15) is 23.7 Å². The van der Waals surface area contributed by atoms with Crippen LogP contribution in [0.5, 0.6) is 5.75 Å².